The second-order valence-corrected chi connectivity index (χ2v) is 5.12. The highest BCUT2D eigenvalue weighted by Gasteiger charge is 2.24. The third kappa shape index (κ3) is 3.43. The van der Waals surface area contributed by atoms with Crippen molar-refractivity contribution in [2.45, 2.75) is 32.9 Å². The van der Waals surface area contributed by atoms with Gasteiger partial charge in [-0.2, -0.15) is 0 Å². The summed E-state index contributed by atoms with van der Waals surface area (Å²) in [6.07, 6.45) is 0. The maximum absolute atomic E-state index is 5.59. The molecule has 1 N–H and O–H groups in total. The predicted molar refractivity (Wildman–Crippen MR) is 74.1 cm³/mol. The second-order valence-electron chi connectivity index (χ2n) is 5.12. The Balaban J connectivity index is 2.07. The molecule has 2 rings (SSSR count). The number of nitrogens with zero attached hydrogens (tertiary/aromatic N) is 2. The van der Waals surface area contributed by atoms with Crippen LogP contribution in [0.4, 0.5) is 5.82 Å². The molecular formula is C14H23N3O. The highest BCUT2D eigenvalue weighted by atomic mass is 16.5. The first-order valence-corrected chi connectivity index (χ1v) is 6.68. The van der Waals surface area contributed by atoms with Gasteiger partial charge in [-0.05, 0) is 19.1 Å². The number of ether oxygens (including phenoxy) is 1. The Kier molecular flexibility index (Phi) is 4.55. The minimum atomic E-state index is 0.371. The molecule has 1 aliphatic rings. The fourth-order valence-corrected chi connectivity index (χ4v) is 2.19. The summed E-state index contributed by atoms with van der Waals surface area (Å²) in [6.45, 7) is 9.78. The van der Waals surface area contributed by atoms with E-state index in [1.807, 2.05) is 13.0 Å². The van der Waals surface area contributed by atoms with Gasteiger partial charge in [-0.15, -0.1) is 0 Å². The van der Waals surface area contributed by atoms with Crippen molar-refractivity contribution in [3.8, 4) is 0 Å². The van der Waals surface area contributed by atoms with Crippen LogP contribution in [-0.4, -0.2) is 43.4 Å². The van der Waals surface area contributed by atoms with Gasteiger partial charge < -0.3 is 15.0 Å². The van der Waals surface area contributed by atoms with Crippen LogP contribution in [0.2, 0.25) is 0 Å². The fourth-order valence-electron chi connectivity index (χ4n) is 2.19. The summed E-state index contributed by atoms with van der Waals surface area (Å²) in [6, 6.07) is 7.06. The van der Waals surface area contributed by atoms with Crippen LogP contribution >= 0.6 is 0 Å². The Labute approximate surface area is 109 Å². The van der Waals surface area contributed by atoms with Crippen LogP contribution in [0.3, 0.4) is 0 Å². The number of nitrogens with one attached hydrogen (secondary N) is 1. The number of rotatable bonds is 4. The van der Waals surface area contributed by atoms with Crippen molar-refractivity contribution < 1.29 is 4.74 Å². The van der Waals surface area contributed by atoms with Gasteiger partial charge in [0.2, 0.25) is 0 Å². The van der Waals surface area contributed by atoms with E-state index in [0.717, 1.165) is 37.8 Å². The van der Waals surface area contributed by atoms with E-state index in [0.29, 0.717) is 12.1 Å². The Morgan fingerprint density at radius 2 is 2.33 bits per heavy atom. The third-order valence-electron chi connectivity index (χ3n) is 3.16. The van der Waals surface area contributed by atoms with Crippen molar-refractivity contribution in [1.29, 1.82) is 0 Å². The largest absolute Gasteiger partial charge is 0.377 e. The number of hydrogen-bond acceptors (Lipinski definition) is 4. The minimum Gasteiger partial charge on any atom is -0.377 e. The zero-order chi connectivity index (χ0) is 13.0. The SMILES string of the molecule is Cc1cccc(N2CCOCC2CNC(C)C)n1. The molecular weight excluding hydrogens is 226 g/mol. The number of aromatic nitrogens is 1. The fraction of sp³-hybridized carbons (Fsp3) is 0.643. The van der Waals surface area contributed by atoms with E-state index in [2.05, 4.69) is 41.2 Å². The topological polar surface area (TPSA) is 37.4 Å². The first kappa shape index (κ1) is 13.3. The van der Waals surface area contributed by atoms with Crippen LogP contribution in [0.1, 0.15) is 19.5 Å². The van der Waals surface area contributed by atoms with Crippen molar-refractivity contribution in [3.63, 3.8) is 0 Å². The Bertz CT molecular complexity index is 381. The second kappa shape index (κ2) is 6.16. The monoisotopic (exact) mass is 249 g/mol. The molecule has 1 unspecified atom stereocenters. The number of anilines is 1. The molecule has 0 bridgehead atoms. The van der Waals surface area contributed by atoms with Gasteiger partial charge in [0.05, 0.1) is 19.3 Å². The third-order valence-corrected chi connectivity index (χ3v) is 3.16. The Morgan fingerprint density at radius 1 is 1.50 bits per heavy atom. The van der Waals surface area contributed by atoms with Crippen LogP contribution in [-0.2, 0) is 4.74 Å². The summed E-state index contributed by atoms with van der Waals surface area (Å²) in [4.78, 5) is 6.97. The molecule has 1 aliphatic heterocycles. The molecule has 4 heteroatoms. The van der Waals surface area contributed by atoms with E-state index in [9.17, 15) is 0 Å². The molecule has 0 spiro atoms. The molecule has 1 saturated heterocycles. The summed E-state index contributed by atoms with van der Waals surface area (Å²) in [5.41, 5.74) is 1.06. The lowest BCUT2D eigenvalue weighted by Gasteiger charge is -2.37. The van der Waals surface area contributed by atoms with E-state index in [1.54, 1.807) is 0 Å². The van der Waals surface area contributed by atoms with Crippen LogP contribution in [0.15, 0.2) is 18.2 Å². The molecule has 1 atom stereocenters. The van der Waals surface area contributed by atoms with Crippen molar-refractivity contribution in [2.24, 2.45) is 0 Å². The zero-order valence-electron chi connectivity index (χ0n) is 11.5. The van der Waals surface area contributed by atoms with E-state index in [-0.39, 0.29) is 0 Å². The normalized spacial score (nSPS) is 20.4. The van der Waals surface area contributed by atoms with Crippen molar-refractivity contribution in [2.75, 3.05) is 31.2 Å². The lowest BCUT2D eigenvalue weighted by molar-refractivity contribution is 0.0927. The number of hydrogen-bond donors (Lipinski definition) is 1. The summed E-state index contributed by atoms with van der Waals surface area (Å²) in [5.74, 6) is 1.06. The molecule has 0 amide bonds. The smallest absolute Gasteiger partial charge is 0.129 e. The van der Waals surface area contributed by atoms with Crippen molar-refractivity contribution >= 4 is 5.82 Å². The van der Waals surface area contributed by atoms with E-state index in [1.165, 1.54) is 0 Å². The molecule has 2 heterocycles. The minimum absolute atomic E-state index is 0.371. The number of pyridine rings is 1. The van der Waals surface area contributed by atoms with Gasteiger partial charge in [0.25, 0.3) is 0 Å². The van der Waals surface area contributed by atoms with Gasteiger partial charge in [-0.3, -0.25) is 0 Å². The summed E-state index contributed by atoms with van der Waals surface area (Å²) >= 11 is 0. The van der Waals surface area contributed by atoms with Crippen LogP contribution in [0.5, 0.6) is 0 Å². The van der Waals surface area contributed by atoms with Gasteiger partial charge in [0.1, 0.15) is 5.82 Å². The maximum atomic E-state index is 5.59. The first-order valence-electron chi connectivity index (χ1n) is 6.68. The number of aryl methyl sites for hydroxylation is 1. The van der Waals surface area contributed by atoms with Crippen LogP contribution in [0.25, 0.3) is 0 Å². The molecule has 100 valence electrons. The molecule has 0 radical (unpaired) electrons. The van der Waals surface area contributed by atoms with Crippen molar-refractivity contribution in [1.82, 2.24) is 10.3 Å². The quantitative estimate of drug-likeness (QED) is 0.879. The summed E-state index contributed by atoms with van der Waals surface area (Å²) in [5, 5.41) is 3.48. The standard InChI is InChI=1S/C14H23N3O/c1-11(2)15-9-13-10-18-8-7-17(13)14-6-4-5-12(3)16-14/h4-6,11,13,15H,7-10H2,1-3H3. The van der Waals surface area contributed by atoms with Gasteiger partial charge in [-0.25, -0.2) is 4.98 Å². The van der Waals surface area contributed by atoms with Gasteiger partial charge in [-0.1, -0.05) is 19.9 Å². The zero-order valence-corrected chi connectivity index (χ0v) is 11.5. The van der Waals surface area contributed by atoms with Gasteiger partial charge >= 0.3 is 0 Å². The lowest BCUT2D eigenvalue weighted by Crippen LogP contribution is -2.51. The van der Waals surface area contributed by atoms with Gasteiger partial charge in [0.15, 0.2) is 0 Å². The van der Waals surface area contributed by atoms with Gasteiger partial charge in [0, 0.05) is 24.8 Å². The summed E-state index contributed by atoms with van der Waals surface area (Å²) < 4.78 is 5.59. The molecule has 0 saturated carbocycles. The van der Waals surface area contributed by atoms with E-state index >= 15 is 0 Å². The molecule has 1 aromatic rings. The van der Waals surface area contributed by atoms with Crippen molar-refractivity contribution in [3.05, 3.63) is 23.9 Å². The lowest BCUT2D eigenvalue weighted by atomic mass is 10.2. The number of morpholine rings is 1. The first-order chi connectivity index (χ1) is 8.66. The molecule has 1 fully saturated rings. The van der Waals surface area contributed by atoms with Crippen LogP contribution in [0, 0.1) is 6.92 Å². The highest BCUT2D eigenvalue weighted by Crippen LogP contribution is 2.17. The molecule has 18 heavy (non-hydrogen) atoms. The average Bonchev–Trinajstić information content (AvgIpc) is 2.36. The van der Waals surface area contributed by atoms with E-state index < -0.39 is 0 Å². The maximum Gasteiger partial charge on any atom is 0.129 e. The highest BCUT2D eigenvalue weighted by molar-refractivity contribution is 5.41. The molecule has 1 aromatic heterocycles. The van der Waals surface area contributed by atoms with Crippen LogP contribution < -0.4 is 10.2 Å². The molecule has 0 aliphatic carbocycles. The molecule has 0 aromatic carbocycles. The van der Waals surface area contributed by atoms with E-state index in [4.69, 9.17) is 4.74 Å². The Morgan fingerprint density at radius 3 is 3.06 bits per heavy atom. The predicted octanol–water partition coefficient (Wildman–Crippen LogP) is 1.59. The molecule has 4 nitrogen and oxygen atoms in total. The Hall–Kier alpha value is -1.13. The average molecular weight is 249 g/mol. The summed E-state index contributed by atoms with van der Waals surface area (Å²) in [7, 11) is 0.